The third-order valence-corrected chi connectivity index (χ3v) is 8.48. The molecule has 0 spiro atoms. The van der Waals surface area contributed by atoms with Crippen molar-refractivity contribution in [3.8, 4) is 0 Å². The standard InChI is InChI=1S/C19H24N4O4S2/c1-13-12-20-18(28-13)22-8-10-23(11-9-22)29(26,27)21-19(17(24)25)14(2)16(19)15-6-4-3-5-7-15/h3-7,12,14,16,21H,8-11H2,1-2H3,(H,24,25)/t14-,16-,19+/m1/s1. The molecule has 4 rings (SSSR count). The van der Waals surface area contributed by atoms with E-state index >= 15 is 0 Å². The number of hydrogen-bond donors (Lipinski definition) is 2. The number of anilines is 1. The van der Waals surface area contributed by atoms with E-state index in [2.05, 4.69) is 14.6 Å². The second-order valence-electron chi connectivity index (χ2n) is 7.60. The Kier molecular flexibility index (Phi) is 5.14. The first-order valence-corrected chi connectivity index (χ1v) is 11.8. The van der Waals surface area contributed by atoms with Crippen LogP contribution >= 0.6 is 11.3 Å². The van der Waals surface area contributed by atoms with Crippen LogP contribution < -0.4 is 9.62 Å². The van der Waals surface area contributed by atoms with Gasteiger partial charge >= 0.3 is 5.97 Å². The van der Waals surface area contributed by atoms with Gasteiger partial charge in [0.1, 0.15) is 5.54 Å². The van der Waals surface area contributed by atoms with Gasteiger partial charge in [-0.25, -0.2) is 4.98 Å². The van der Waals surface area contributed by atoms with Crippen molar-refractivity contribution in [2.24, 2.45) is 5.92 Å². The average molecular weight is 437 g/mol. The minimum absolute atomic E-state index is 0.286. The molecule has 8 nitrogen and oxygen atoms in total. The SMILES string of the molecule is Cc1cnc(N2CCN(S(=O)(=O)N[C@@]3(C(=O)O)[C@H](C)[C@@H]3c3ccccc3)CC2)s1. The zero-order valence-electron chi connectivity index (χ0n) is 16.3. The van der Waals surface area contributed by atoms with Crippen LogP contribution in [-0.2, 0) is 15.0 Å². The quantitative estimate of drug-likeness (QED) is 0.714. The minimum Gasteiger partial charge on any atom is -0.480 e. The normalized spacial score (nSPS) is 27.7. The maximum Gasteiger partial charge on any atom is 0.325 e. The smallest absolute Gasteiger partial charge is 0.325 e. The molecule has 2 heterocycles. The Labute approximate surface area is 174 Å². The number of rotatable bonds is 6. The molecule has 1 saturated heterocycles. The van der Waals surface area contributed by atoms with Crippen LogP contribution in [0.1, 0.15) is 23.3 Å². The van der Waals surface area contributed by atoms with E-state index in [1.165, 1.54) is 4.31 Å². The van der Waals surface area contributed by atoms with Gasteiger partial charge in [0.15, 0.2) is 5.13 Å². The fraction of sp³-hybridized carbons (Fsp3) is 0.474. The van der Waals surface area contributed by atoms with Crippen molar-refractivity contribution in [3.05, 3.63) is 47.0 Å². The van der Waals surface area contributed by atoms with E-state index < -0.39 is 27.6 Å². The van der Waals surface area contributed by atoms with Crippen molar-refractivity contribution in [1.82, 2.24) is 14.0 Å². The monoisotopic (exact) mass is 436 g/mol. The molecule has 29 heavy (non-hydrogen) atoms. The number of nitrogens with one attached hydrogen (secondary N) is 1. The molecule has 1 aromatic heterocycles. The van der Waals surface area contributed by atoms with E-state index in [0.29, 0.717) is 13.1 Å². The Morgan fingerprint density at radius 3 is 2.45 bits per heavy atom. The lowest BCUT2D eigenvalue weighted by molar-refractivity contribution is -0.140. The Morgan fingerprint density at radius 2 is 1.90 bits per heavy atom. The first kappa shape index (κ1) is 20.3. The number of aliphatic carboxylic acids is 1. The van der Waals surface area contributed by atoms with Gasteiger partial charge in [0, 0.05) is 43.2 Å². The lowest BCUT2D eigenvalue weighted by Crippen LogP contribution is -2.56. The Bertz CT molecular complexity index is 1000. The molecular formula is C19H24N4O4S2. The third-order valence-electron chi connectivity index (χ3n) is 5.87. The van der Waals surface area contributed by atoms with E-state index in [4.69, 9.17) is 0 Å². The molecule has 1 aliphatic carbocycles. The molecule has 3 atom stereocenters. The summed E-state index contributed by atoms with van der Waals surface area (Å²) in [4.78, 5) is 19.6. The Hall–Kier alpha value is -2.01. The van der Waals surface area contributed by atoms with Gasteiger partial charge in [0.05, 0.1) is 0 Å². The summed E-state index contributed by atoms with van der Waals surface area (Å²) < 4.78 is 29.9. The van der Waals surface area contributed by atoms with Crippen LogP contribution in [0.4, 0.5) is 5.13 Å². The van der Waals surface area contributed by atoms with Crippen molar-refractivity contribution >= 4 is 32.6 Å². The molecule has 1 saturated carbocycles. The fourth-order valence-corrected chi connectivity index (χ4v) is 6.60. The van der Waals surface area contributed by atoms with Crippen LogP contribution in [0.15, 0.2) is 36.5 Å². The highest BCUT2D eigenvalue weighted by atomic mass is 32.2. The number of hydrogen-bond acceptors (Lipinski definition) is 6. The van der Waals surface area contributed by atoms with Gasteiger partial charge < -0.3 is 10.0 Å². The van der Waals surface area contributed by atoms with E-state index in [0.717, 1.165) is 15.6 Å². The second-order valence-corrected chi connectivity index (χ2v) is 10.5. The van der Waals surface area contributed by atoms with Crippen molar-refractivity contribution in [3.63, 3.8) is 0 Å². The molecule has 0 radical (unpaired) electrons. The number of thiazole rings is 1. The number of piperazine rings is 1. The summed E-state index contributed by atoms with van der Waals surface area (Å²) in [6, 6.07) is 9.21. The van der Waals surface area contributed by atoms with Crippen LogP contribution in [0, 0.1) is 12.8 Å². The predicted octanol–water partition coefficient (Wildman–Crippen LogP) is 1.66. The van der Waals surface area contributed by atoms with Gasteiger partial charge in [0.25, 0.3) is 10.2 Å². The molecule has 2 aromatic rings. The number of carbonyl (C=O) groups is 1. The number of aryl methyl sites for hydroxylation is 1. The molecule has 0 unspecified atom stereocenters. The van der Waals surface area contributed by atoms with Crippen molar-refractivity contribution in [2.45, 2.75) is 25.3 Å². The summed E-state index contributed by atoms with van der Waals surface area (Å²) >= 11 is 1.58. The predicted molar refractivity (Wildman–Crippen MR) is 111 cm³/mol. The third kappa shape index (κ3) is 3.54. The molecule has 2 N–H and O–H groups in total. The lowest BCUT2D eigenvalue weighted by atomic mass is 10.1. The Morgan fingerprint density at radius 1 is 1.24 bits per heavy atom. The number of aromatic nitrogens is 1. The average Bonchev–Trinajstić information content (AvgIpc) is 3.05. The molecular weight excluding hydrogens is 412 g/mol. The van der Waals surface area contributed by atoms with Gasteiger partial charge in [-0.05, 0) is 18.4 Å². The molecule has 0 amide bonds. The highest BCUT2D eigenvalue weighted by molar-refractivity contribution is 7.87. The maximum absolute atomic E-state index is 13.0. The van der Waals surface area contributed by atoms with E-state index in [-0.39, 0.29) is 19.0 Å². The summed E-state index contributed by atoms with van der Waals surface area (Å²) in [5.74, 6) is -1.87. The van der Waals surface area contributed by atoms with Crippen molar-refractivity contribution in [2.75, 3.05) is 31.1 Å². The topological polar surface area (TPSA) is 103 Å². The molecule has 156 valence electrons. The largest absolute Gasteiger partial charge is 0.480 e. The molecule has 10 heteroatoms. The first-order chi connectivity index (χ1) is 13.8. The summed E-state index contributed by atoms with van der Waals surface area (Å²) in [6.45, 7) is 5.37. The molecule has 2 aliphatic rings. The van der Waals surface area contributed by atoms with Crippen LogP contribution in [0.2, 0.25) is 0 Å². The summed E-state index contributed by atoms with van der Waals surface area (Å²) in [5.41, 5.74) is -0.682. The van der Waals surface area contributed by atoms with Gasteiger partial charge in [0.2, 0.25) is 0 Å². The van der Waals surface area contributed by atoms with Crippen molar-refractivity contribution in [1.29, 1.82) is 0 Å². The molecule has 1 aliphatic heterocycles. The summed E-state index contributed by atoms with van der Waals surface area (Å²) in [6.07, 6.45) is 1.81. The van der Waals surface area contributed by atoms with Crippen LogP contribution in [0.25, 0.3) is 0 Å². The number of carboxylic acid groups (broad SMARTS) is 1. The van der Waals surface area contributed by atoms with Gasteiger partial charge in [-0.2, -0.15) is 17.4 Å². The van der Waals surface area contributed by atoms with Gasteiger partial charge in [-0.3, -0.25) is 4.79 Å². The second kappa shape index (κ2) is 7.35. The van der Waals surface area contributed by atoms with E-state index in [1.54, 1.807) is 24.5 Å². The minimum atomic E-state index is -3.94. The Balaban J connectivity index is 1.48. The zero-order chi connectivity index (χ0) is 20.8. The van der Waals surface area contributed by atoms with Gasteiger partial charge in [-0.1, -0.05) is 37.3 Å². The number of carboxylic acids is 1. The molecule has 2 fully saturated rings. The molecule has 0 bridgehead atoms. The number of nitrogens with zero attached hydrogens (tertiary/aromatic N) is 3. The van der Waals surface area contributed by atoms with Crippen LogP contribution in [0.5, 0.6) is 0 Å². The summed E-state index contributed by atoms with van der Waals surface area (Å²) in [5, 5.41) is 10.8. The van der Waals surface area contributed by atoms with Gasteiger partial charge in [-0.15, -0.1) is 11.3 Å². The van der Waals surface area contributed by atoms with Crippen LogP contribution in [0.3, 0.4) is 0 Å². The molecule has 1 aromatic carbocycles. The summed E-state index contributed by atoms with van der Waals surface area (Å²) in [7, 11) is -3.94. The highest BCUT2D eigenvalue weighted by Crippen LogP contribution is 2.57. The highest BCUT2D eigenvalue weighted by Gasteiger charge is 2.70. The lowest BCUT2D eigenvalue weighted by Gasteiger charge is -2.34. The van der Waals surface area contributed by atoms with E-state index in [9.17, 15) is 18.3 Å². The first-order valence-electron chi connectivity index (χ1n) is 9.50. The fourth-order valence-electron chi connectivity index (χ4n) is 4.19. The zero-order valence-corrected chi connectivity index (χ0v) is 17.9. The van der Waals surface area contributed by atoms with Crippen molar-refractivity contribution < 1.29 is 18.3 Å². The van der Waals surface area contributed by atoms with Crippen LogP contribution in [-0.4, -0.2) is 60.5 Å². The maximum atomic E-state index is 13.0. The number of benzene rings is 1. The van der Waals surface area contributed by atoms with E-state index in [1.807, 2.05) is 37.3 Å².